The van der Waals surface area contributed by atoms with Crippen LogP contribution in [0.5, 0.6) is 0 Å². The van der Waals surface area contributed by atoms with Crippen molar-refractivity contribution in [2.75, 3.05) is 6.54 Å². The monoisotopic (exact) mass is 345 g/mol. The van der Waals surface area contributed by atoms with Gasteiger partial charge in [-0.1, -0.05) is 25.1 Å². The smallest absolute Gasteiger partial charge is 0.174 e. The van der Waals surface area contributed by atoms with Gasteiger partial charge in [0, 0.05) is 17.3 Å². The third-order valence-electron chi connectivity index (χ3n) is 3.32. The maximum atomic E-state index is 5.35. The number of furan rings is 1. The lowest BCUT2D eigenvalue weighted by molar-refractivity contribution is 0.526. The molecule has 0 fully saturated rings. The Morgan fingerprint density at radius 2 is 2.10 bits per heavy atom. The summed E-state index contributed by atoms with van der Waals surface area (Å²) in [7, 11) is 0. The van der Waals surface area contributed by atoms with Crippen molar-refractivity contribution >= 4 is 15.9 Å². The Morgan fingerprint density at radius 1 is 1.29 bits per heavy atom. The van der Waals surface area contributed by atoms with E-state index in [2.05, 4.69) is 33.3 Å². The number of rotatable bonds is 5. The van der Waals surface area contributed by atoms with Crippen LogP contribution in [0, 0.1) is 0 Å². The van der Waals surface area contributed by atoms with E-state index in [0.29, 0.717) is 0 Å². The summed E-state index contributed by atoms with van der Waals surface area (Å²) in [5.41, 5.74) is 3.22. The number of nitrogens with one attached hydrogen (secondary N) is 1. The van der Waals surface area contributed by atoms with E-state index < -0.39 is 0 Å². The first-order valence-electron chi connectivity index (χ1n) is 6.86. The van der Waals surface area contributed by atoms with Crippen LogP contribution in [-0.2, 0) is 0 Å². The third kappa shape index (κ3) is 2.94. The second kappa shape index (κ2) is 6.28. The minimum atomic E-state index is 0.0561. The number of aromatic nitrogens is 2. The zero-order valence-electron chi connectivity index (χ0n) is 11.7. The highest BCUT2D eigenvalue weighted by Crippen LogP contribution is 2.29. The Kier molecular flexibility index (Phi) is 4.22. The summed E-state index contributed by atoms with van der Waals surface area (Å²) in [6.45, 7) is 2.95. The summed E-state index contributed by atoms with van der Waals surface area (Å²) in [5.74, 6) is 0. The van der Waals surface area contributed by atoms with Gasteiger partial charge in [-0.2, -0.15) is 5.10 Å². The zero-order valence-corrected chi connectivity index (χ0v) is 13.2. The number of para-hydroxylation sites is 1. The summed E-state index contributed by atoms with van der Waals surface area (Å²) in [6, 6.07) is 12.1. The molecule has 4 nitrogen and oxygen atoms in total. The molecule has 1 unspecified atom stereocenters. The van der Waals surface area contributed by atoms with Crippen molar-refractivity contribution in [1.82, 2.24) is 15.1 Å². The largest absolute Gasteiger partial charge is 0.457 e. The predicted molar refractivity (Wildman–Crippen MR) is 85.5 cm³/mol. The molecule has 3 aromatic rings. The molecule has 1 N–H and O–H groups in total. The molecule has 0 amide bonds. The van der Waals surface area contributed by atoms with Crippen LogP contribution in [0.1, 0.15) is 24.1 Å². The molecule has 0 aliphatic rings. The number of halogens is 1. The average molecular weight is 346 g/mol. The fourth-order valence-electron chi connectivity index (χ4n) is 2.33. The quantitative estimate of drug-likeness (QED) is 0.761. The van der Waals surface area contributed by atoms with Gasteiger partial charge in [0.15, 0.2) is 4.67 Å². The van der Waals surface area contributed by atoms with Gasteiger partial charge in [0.05, 0.1) is 24.2 Å². The highest BCUT2D eigenvalue weighted by molar-refractivity contribution is 9.10. The van der Waals surface area contributed by atoms with Crippen LogP contribution in [0.3, 0.4) is 0 Å². The van der Waals surface area contributed by atoms with Crippen LogP contribution >= 0.6 is 15.9 Å². The van der Waals surface area contributed by atoms with Gasteiger partial charge >= 0.3 is 0 Å². The highest BCUT2D eigenvalue weighted by atomic mass is 79.9. The van der Waals surface area contributed by atoms with Gasteiger partial charge in [-0.05, 0) is 40.7 Å². The summed E-state index contributed by atoms with van der Waals surface area (Å²) in [4.78, 5) is 0. The van der Waals surface area contributed by atoms with Gasteiger partial charge in [0.2, 0.25) is 0 Å². The van der Waals surface area contributed by atoms with E-state index in [1.807, 2.05) is 53.5 Å². The van der Waals surface area contributed by atoms with Gasteiger partial charge in [0.25, 0.3) is 0 Å². The lowest BCUT2D eigenvalue weighted by Gasteiger charge is -2.15. The van der Waals surface area contributed by atoms with Gasteiger partial charge in [-0.15, -0.1) is 0 Å². The Morgan fingerprint density at radius 3 is 2.76 bits per heavy atom. The first kappa shape index (κ1) is 14.1. The SMILES string of the molecule is CCNC(c1cnn(-c2ccccc2)c1)c1ccoc1Br. The average Bonchev–Trinajstić information content (AvgIpc) is 3.15. The third-order valence-corrected chi connectivity index (χ3v) is 3.97. The van der Waals surface area contributed by atoms with Crippen LogP contribution in [0.4, 0.5) is 0 Å². The zero-order chi connectivity index (χ0) is 14.7. The van der Waals surface area contributed by atoms with Crippen molar-refractivity contribution in [1.29, 1.82) is 0 Å². The van der Waals surface area contributed by atoms with Crippen LogP contribution in [-0.4, -0.2) is 16.3 Å². The maximum Gasteiger partial charge on any atom is 0.174 e. The molecule has 0 aliphatic heterocycles. The Balaban J connectivity index is 1.95. The lowest BCUT2D eigenvalue weighted by Crippen LogP contribution is -2.21. The molecular weight excluding hydrogens is 330 g/mol. The van der Waals surface area contributed by atoms with Crippen molar-refractivity contribution in [3.8, 4) is 5.69 Å². The molecule has 0 saturated carbocycles. The predicted octanol–water partition coefficient (Wildman–Crippen LogP) is 3.93. The van der Waals surface area contributed by atoms with E-state index in [0.717, 1.165) is 28.0 Å². The standard InChI is InChI=1S/C16H16BrN3O/c1-2-18-15(14-8-9-21-16(14)17)12-10-19-20(11-12)13-6-4-3-5-7-13/h3-11,15,18H,2H2,1H3. The van der Waals surface area contributed by atoms with E-state index in [1.54, 1.807) is 6.26 Å². The van der Waals surface area contributed by atoms with E-state index in [9.17, 15) is 0 Å². The molecule has 0 bridgehead atoms. The Labute approximate surface area is 131 Å². The molecular formula is C16H16BrN3O. The van der Waals surface area contributed by atoms with E-state index in [-0.39, 0.29) is 6.04 Å². The number of hydrogen-bond donors (Lipinski definition) is 1. The molecule has 1 atom stereocenters. The lowest BCUT2D eigenvalue weighted by atomic mass is 10.1. The van der Waals surface area contributed by atoms with Crippen LogP contribution < -0.4 is 5.32 Å². The highest BCUT2D eigenvalue weighted by Gasteiger charge is 2.19. The fraction of sp³-hybridized carbons (Fsp3) is 0.188. The first-order chi connectivity index (χ1) is 10.3. The van der Waals surface area contributed by atoms with Crippen molar-refractivity contribution in [3.05, 3.63) is 70.9 Å². The van der Waals surface area contributed by atoms with Gasteiger partial charge in [-0.25, -0.2) is 4.68 Å². The second-order valence-electron chi connectivity index (χ2n) is 4.69. The summed E-state index contributed by atoms with van der Waals surface area (Å²) in [5, 5.41) is 7.92. The Bertz CT molecular complexity index is 705. The van der Waals surface area contributed by atoms with Crippen molar-refractivity contribution in [2.45, 2.75) is 13.0 Å². The normalized spacial score (nSPS) is 12.5. The van der Waals surface area contributed by atoms with Crippen molar-refractivity contribution in [2.24, 2.45) is 0 Å². The number of nitrogens with zero attached hydrogens (tertiary/aromatic N) is 2. The number of hydrogen-bond acceptors (Lipinski definition) is 3. The minimum Gasteiger partial charge on any atom is -0.457 e. The number of benzene rings is 1. The minimum absolute atomic E-state index is 0.0561. The molecule has 2 heterocycles. The summed E-state index contributed by atoms with van der Waals surface area (Å²) in [6.07, 6.45) is 5.62. The van der Waals surface area contributed by atoms with E-state index >= 15 is 0 Å². The molecule has 0 spiro atoms. The summed E-state index contributed by atoms with van der Waals surface area (Å²) >= 11 is 3.45. The molecule has 3 rings (SSSR count). The van der Waals surface area contributed by atoms with Gasteiger partial charge < -0.3 is 9.73 Å². The van der Waals surface area contributed by atoms with Gasteiger partial charge in [0.1, 0.15) is 0 Å². The molecule has 108 valence electrons. The van der Waals surface area contributed by atoms with Crippen LogP contribution in [0.25, 0.3) is 5.69 Å². The molecule has 0 saturated heterocycles. The van der Waals surface area contributed by atoms with E-state index in [4.69, 9.17) is 4.42 Å². The van der Waals surface area contributed by atoms with E-state index in [1.165, 1.54) is 0 Å². The molecule has 21 heavy (non-hydrogen) atoms. The Hall–Kier alpha value is -1.85. The maximum absolute atomic E-state index is 5.35. The van der Waals surface area contributed by atoms with Crippen molar-refractivity contribution < 1.29 is 4.42 Å². The fourth-order valence-corrected chi connectivity index (χ4v) is 2.80. The molecule has 2 aromatic heterocycles. The van der Waals surface area contributed by atoms with Crippen LogP contribution in [0.15, 0.2) is 64.1 Å². The molecule has 5 heteroatoms. The summed E-state index contributed by atoms with van der Waals surface area (Å²) < 4.78 is 7.99. The van der Waals surface area contributed by atoms with Gasteiger partial charge in [-0.3, -0.25) is 0 Å². The molecule has 0 aliphatic carbocycles. The molecule has 0 radical (unpaired) electrons. The second-order valence-corrected chi connectivity index (χ2v) is 5.41. The van der Waals surface area contributed by atoms with Crippen molar-refractivity contribution in [3.63, 3.8) is 0 Å². The first-order valence-corrected chi connectivity index (χ1v) is 7.65. The molecule has 1 aromatic carbocycles. The topological polar surface area (TPSA) is 43.0 Å². The van der Waals surface area contributed by atoms with Crippen LogP contribution in [0.2, 0.25) is 0 Å².